The largest absolute Gasteiger partial charge is 0.311 e. The average molecular weight is 411 g/mol. The number of aryl methyl sites for hydroxylation is 1. The Morgan fingerprint density at radius 2 is 2.00 bits per heavy atom. The maximum atomic E-state index is 12.8. The molecule has 0 spiro atoms. The lowest BCUT2D eigenvalue weighted by Gasteiger charge is -2.21. The lowest BCUT2D eigenvalue weighted by molar-refractivity contribution is -0.116. The van der Waals surface area contributed by atoms with Crippen LogP contribution in [0.2, 0.25) is 5.02 Å². The highest BCUT2D eigenvalue weighted by Gasteiger charge is 2.23. The molecule has 2 aromatic carbocycles. The Bertz CT molecular complexity index is 961. The van der Waals surface area contributed by atoms with E-state index in [0.717, 1.165) is 22.6 Å². The first kappa shape index (κ1) is 19.1. The summed E-state index contributed by atoms with van der Waals surface area (Å²) in [5.74, 6) is 0.790. The van der Waals surface area contributed by atoms with Gasteiger partial charge in [-0.2, -0.15) is 0 Å². The van der Waals surface area contributed by atoms with Gasteiger partial charge in [-0.15, -0.1) is 11.8 Å². The second-order valence-corrected chi connectivity index (χ2v) is 9.32. The van der Waals surface area contributed by atoms with Crippen molar-refractivity contribution in [3.05, 3.63) is 47.0 Å². The number of carbonyl (C=O) groups is 1. The Hall–Kier alpha value is -1.70. The van der Waals surface area contributed by atoms with Crippen molar-refractivity contribution < 1.29 is 13.2 Å². The molecule has 1 heterocycles. The molecule has 0 radical (unpaired) electrons. The van der Waals surface area contributed by atoms with Crippen LogP contribution in [0.25, 0.3) is 0 Å². The molecule has 5 nitrogen and oxygen atoms in total. The molecule has 0 unspecified atom stereocenters. The molecule has 1 amide bonds. The Morgan fingerprint density at radius 1 is 1.23 bits per heavy atom. The van der Waals surface area contributed by atoms with Gasteiger partial charge in [0, 0.05) is 18.4 Å². The third-order valence-electron chi connectivity index (χ3n) is 4.06. The number of fused-ring (bicyclic) bond motifs is 1. The van der Waals surface area contributed by atoms with Crippen molar-refractivity contribution >= 4 is 50.7 Å². The summed E-state index contributed by atoms with van der Waals surface area (Å²) in [6, 6.07) is 9.99. The van der Waals surface area contributed by atoms with Gasteiger partial charge in [0.2, 0.25) is 5.91 Å². The quantitative estimate of drug-likeness (QED) is 0.819. The smallest absolute Gasteiger partial charge is 0.262 e. The summed E-state index contributed by atoms with van der Waals surface area (Å²) in [7, 11) is -3.82. The zero-order valence-electron chi connectivity index (χ0n) is 14.5. The maximum absolute atomic E-state index is 12.8. The molecule has 8 heteroatoms. The van der Waals surface area contributed by atoms with E-state index in [4.69, 9.17) is 11.6 Å². The first-order valence-corrected chi connectivity index (χ1v) is 11.0. The van der Waals surface area contributed by atoms with Gasteiger partial charge in [0.15, 0.2) is 0 Å². The van der Waals surface area contributed by atoms with Crippen molar-refractivity contribution in [2.24, 2.45) is 0 Å². The molecule has 0 aromatic heterocycles. The number of nitrogens with one attached hydrogen (secondary N) is 1. The summed E-state index contributed by atoms with van der Waals surface area (Å²) >= 11 is 7.77. The van der Waals surface area contributed by atoms with Gasteiger partial charge in [-0.3, -0.25) is 9.52 Å². The second kappa shape index (κ2) is 7.50. The Morgan fingerprint density at radius 3 is 2.69 bits per heavy atom. The van der Waals surface area contributed by atoms with Crippen LogP contribution >= 0.6 is 23.4 Å². The number of nitrogens with zero attached hydrogens (tertiary/aromatic N) is 1. The third-order valence-corrected chi connectivity index (χ3v) is 6.89. The number of carbonyl (C=O) groups excluding carboxylic acids is 1. The van der Waals surface area contributed by atoms with Crippen molar-refractivity contribution in [1.29, 1.82) is 0 Å². The number of rotatable bonds is 3. The van der Waals surface area contributed by atoms with Crippen LogP contribution in [0.5, 0.6) is 0 Å². The van der Waals surface area contributed by atoms with E-state index in [0.29, 0.717) is 22.9 Å². The van der Waals surface area contributed by atoms with E-state index in [9.17, 15) is 13.2 Å². The minimum atomic E-state index is -3.82. The van der Waals surface area contributed by atoms with Crippen LogP contribution in [0.3, 0.4) is 0 Å². The molecule has 2 aromatic rings. The molecule has 138 valence electrons. The van der Waals surface area contributed by atoms with Gasteiger partial charge in [-0.05, 0) is 55.0 Å². The molecule has 0 fully saturated rings. The van der Waals surface area contributed by atoms with Gasteiger partial charge < -0.3 is 4.90 Å². The Labute approximate surface area is 162 Å². The third kappa shape index (κ3) is 4.00. The van der Waals surface area contributed by atoms with E-state index < -0.39 is 10.0 Å². The van der Waals surface area contributed by atoms with Gasteiger partial charge >= 0.3 is 0 Å². The van der Waals surface area contributed by atoms with Crippen molar-refractivity contribution in [2.75, 3.05) is 21.9 Å². The molecule has 1 aliphatic rings. The van der Waals surface area contributed by atoms with Crippen LogP contribution in [0.15, 0.2) is 46.2 Å². The first-order valence-electron chi connectivity index (χ1n) is 8.12. The van der Waals surface area contributed by atoms with Crippen LogP contribution in [0.1, 0.15) is 18.9 Å². The average Bonchev–Trinajstić information content (AvgIpc) is 2.79. The van der Waals surface area contributed by atoms with E-state index in [2.05, 4.69) is 4.72 Å². The molecule has 1 N–H and O–H groups in total. The summed E-state index contributed by atoms with van der Waals surface area (Å²) < 4.78 is 28.1. The lowest BCUT2D eigenvalue weighted by atomic mass is 10.2. The molecule has 0 atom stereocenters. The number of hydrogen-bond donors (Lipinski definition) is 1. The van der Waals surface area contributed by atoms with Gasteiger partial charge in [0.1, 0.15) is 0 Å². The van der Waals surface area contributed by atoms with Crippen molar-refractivity contribution in [3.63, 3.8) is 0 Å². The van der Waals surface area contributed by atoms with Crippen LogP contribution in [-0.2, 0) is 14.8 Å². The number of thioether (sulfide) groups is 1. The lowest BCUT2D eigenvalue weighted by Crippen LogP contribution is -2.29. The summed E-state index contributed by atoms with van der Waals surface area (Å²) in [6.07, 6.45) is 0.859. The topological polar surface area (TPSA) is 66.5 Å². The van der Waals surface area contributed by atoms with E-state index in [1.807, 2.05) is 6.92 Å². The van der Waals surface area contributed by atoms with Gasteiger partial charge in [-0.25, -0.2) is 8.42 Å². The van der Waals surface area contributed by atoms with Gasteiger partial charge in [0.25, 0.3) is 10.0 Å². The molecule has 0 aliphatic carbocycles. The summed E-state index contributed by atoms with van der Waals surface area (Å²) in [6.45, 7) is 3.95. The number of hydrogen-bond acceptors (Lipinski definition) is 4. The molecule has 0 bridgehead atoms. The predicted molar refractivity (Wildman–Crippen MR) is 107 cm³/mol. The number of benzene rings is 2. The van der Waals surface area contributed by atoms with Crippen molar-refractivity contribution in [1.82, 2.24) is 0 Å². The summed E-state index contributed by atoms with van der Waals surface area (Å²) in [5, 5.41) is 0.337. The monoisotopic (exact) mass is 410 g/mol. The number of sulfonamides is 1. The zero-order valence-corrected chi connectivity index (χ0v) is 16.8. The maximum Gasteiger partial charge on any atom is 0.262 e. The fraction of sp³-hybridized carbons (Fsp3) is 0.278. The molecule has 26 heavy (non-hydrogen) atoms. The van der Waals surface area contributed by atoms with Gasteiger partial charge in [-0.1, -0.05) is 17.7 Å². The van der Waals surface area contributed by atoms with Crippen LogP contribution < -0.4 is 9.62 Å². The SMILES string of the molecule is CC(=O)N1CCCSc2ccc(S(=O)(=O)Nc3ccc(C)cc3Cl)cc21. The molecule has 0 saturated heterocycles. The normalized spacial score (nSPS) is 14.5. The van der Waals surface area contributed by atoms with Crippen LogP contribution in [0, 0.1) is 6.92 Å². The minimum Gasteiger partial charge on any atom is -0.311 e. The Kier molecular flexibility index (Phi) is 5.50. The van der Waals surface area contributed by atoms with E-state index in [1.165, 1.54) is 6.92 Å². The standard InChI is InChI=1S/C18H19ClN2O3S2/c1-12-4-6-16(15(19)10-12)20-26(23,24)14-5-7-18-17(11-14)21(13(2)22)8-3-9-25-18/h4-7,10-11,20H,3,8-9H2,1-2H3. The fourth-order valence-electron chi connectivity index (χ4n) is 2.76. The van der Waals surface area contributed by atoms with E-state index in [1.54, 1.807) is 53.1 Å². The van der Waals surface area contributed by atoms with Crippen LogP contribution in [0.4, 0.5) is 11.4 Å². The van der Waals surface area contributed by atoms with E-state index >= 15 is 0 Å². The summed E-state index contributed by atoms with van der Waals surface area (Å²) in [5.41, 5.74) is 1.90. The number of amides is 1. The predicted octanol–water partition coefficient (Wildman–Crippen LogP) is 4.30. The highest BCUT2D eigenvalue weighted by Crippen LogP contribution is 2.36. The highest BCUT2D eigenvalue weighted by atomic mass is 35.5. The van der Waals surface area contributed by atoms with Crippen LogP contribution in [-0.4, -0.2) is 26.6 Å². The molecule has 0 saturated carbocycles. The first-order chi connectivity index (χ1) is 12.3. The number of anilines is 2. The van der Waals surface area contributed by atoms with Crippen molar-refractivity contribution in [2.45, 2.75) is 30.1 Å². The Balaban J connectivity index is 1.99. The highest BCUT2D eigenvalue weighted by molar-refractivity contribution is 7.99. The molecular formula is C18H19ClN2O3S2. The molecule has 1 aliphatic heterocycles. The van der Waals surface area contributed by atoms with E-state index in [-0.39, 0.29) is 10.8 Å². The second-order valence-electron chi connectivity index (χ2n) is 6.09. The van der Waals surface area contributed by atoms with Crippen molar-refractivity contribution in [3.8, 4) is 0 Å². The summed E-state index contributed by atoms with van der Waals surface area (Å²) in [4.78, 5) is 14.6. The zero-order chi connectivity index (χ0) is 18.9. The minimum absolute atomic E-state index is 0.0987. The fourth-order valence-corrected chi connectivity index (χ4v) is 5.17. The molecular weight excluding hydrogens is 392 g/mol. The number of halogens is 1. The van der Waals surface area contributed by atoms with Gasteiger partial charge in [0.05, 0.1) is 21.3 Å². The molecule has 3 rings (SSSR count).